The predicted molar refractivity (Wildman–Crippen MR) is 111 cm³/mol. The molecule has 2 aliphatic rings. The second-order valence-corrected chi connectivity index (χ2v) is 10.8. The molecule has 2 saturated carbocycles. The number of hydrogen-bond acceptors (Lipinski definition) is 3. The van der Waals surface area contributed by atoms with Gasteiger partial charge in [0.2, 0.25) is 15.9 Å². The zero-order valence-corrected chi connectivity index (χ0v) is 18.1. The van der Waals surface area contributed by atoms with Crippen molar-refractivity contribution in [3.05, 3.63) is 29.8 Å². The molecule has 0 radical (unpaired) electrons. The molecule has 1 amide bonds. The molecule has 156 valence electrons. The predicted octanol–water partition coefficient (Wildman–Crippen LogP) is 3.64. The minimum atomic E-state index is -3.41. The molecular formula is C22H34N2O3S. The smallest absolute Gasteiger partial charge is 0.240 e. The summed E-state index contributed by atoms with van der Waals surface area (Å²) in [6, 6.07) is 7.27. The van der Waals surface area contributed by atoms with Gasteiger partial charge >= 0.3 is 0 Å². The average molecular weight is 407 g/mol. The van der Waals surface area contributed by atoms with E-state index < -0.39 is 10.0 Å². The molecule has 2 aliphatic carbocycles. The van der Waals surface area contributed by atoms with E-state index in [0.717, 1.165) is 24.8 Å². The van der Waals surface area contributed by atoms with Gasteiger partial charge in [0.25, 0.3) is 0 Å². The van der Waals surface area contributed by atoms with E-state index in [1.54, 1.807) is 12.1 Å². The van der Waals surface area contributed by atoms with E-state index in [1.807, 2.05) is 12.1 Å². The first-order chi connectivity index (χ1) is 13.2. The number of benzene rings is 1. The molecule has 5 nitrogen and oxygen atoms in total. The molecule has 3 rings (SSSR count). The highest BCUT2D eigenvalue weighted by Gasteiger charge is 2.31. The lowest BCUT2D eigenvalue weighted by Crippen LogP contribution is -2.45. The van der Waals surface area contributed by atoms with Crippen LogP contribution in [-0.4, -0.2) is 26.4 Å². The average Bonchev–Trinajstić information content (AvgIpc) is 3.43. The minimum Gasteiger partial charge on any atom is -0.353 e. The lowest BCUT2D eigenvalue weighted by molar-refractivity contribution is -0.122. The van der Waals surface area contributed by atoms with Gasteiger partial charge in [-0.25, -0.2) is 13.1 Å². The molecule has 0 bridgehead atoms. The molecule has 0 spiro atoms. The van der Waals surface area contributed by atoms with Crippen LogP contribution in [0.25, 0.3) is 0 Å². The summed E-state index contributed by atoms with van der Waals surface area (Å²) in [5, 5.41) is 3.27. The van der Waals surface area contributed by atoms with Crippen molar-refractivity contribution in [1.29, 1.82) is 0 Å². The first-order valence-corrected chi connectivity index (χ1v) is 12.1. The number of rotatable bonds is 8. The molecule has 6 heteroatoms. The zero-order valence-electron chi connectivity index (χ0n) is 17.3. The van der Waals surface area contributed by atoms with Gasteiger partial charge in [-0.15, -0.1) is 0 Å². The number of nitrogens with one attached hydrogen (secondary N) is 2. The van der Waals surface area contributed by atoms with Crippen molar-refractivity contribution < 1.29 is 13.2 Å². The van der Waals surface area contributed by atoms with Crippen molar-refractivity contribution in [3.8, 4) is 0 Å². The Labute approximate surface area is 169 Å². The molecular weight excluding hydrogens is 372 g/mol. The third kappa shape index (κ3) is 5.80. The van der Waals surface area contributed by atoms with Gasteiger partial charge < -0.3 is 5.32 Å². The highest BCUT2D eigenvalue weighted by molar-refractivity contribution is 7.89. The van der Waals surface area contributed by atoms with Crippen LogP contribution in [0.1, 0.15) is 64.9 Å². The Balaban J connectivity index is 1.51. The van der Waals surface area contributed by atoms with Gasteiger partial charge in [0.05, 0.1) is 4.90 Å². The maximum atomic E-state index is 12.5. The van der Waals surface area contributed by atoms with Gasteiger partial charge in [-0.2, -0.15) is 0 Å². The molecule has 0 aromatic heterocycles. The fraction of sp³-hybridized carbons (Fsp3) is 0.682. The van der Waals surface area contributed by atoms with E-state index in [1.165, 1.54) is 12.8 Å². The van der Waals surface area contributed by atoms with Crippen LogP contribution in [0.3, 0.4) is 0 Å². The summed E-state index contributed by atoms with van der Waals surface area (Å²) in [5.41, 5.74) is 0.984. The van der Waals surface area contributed by atoms with E-state index in [-0.39, 0.29) is 18.0 Å². The number of hydrogen-bond donors (Lipinski definition) is 2. The Hall–Kier alpha value is -1.40. The molecule has 0 heterocycles. The van der Waals surface area contributed by atoms with Crippen LogP contribution in [0.4, 0.5) is 0 Å². The Bertz CT molecular complexity index is 769. The summed E-state index contributed by atoms with van der Waals surface area (Å²) in [5.74, 6) is 1.90. The number of sulfonamides is 1. The van der Waals surface area contributed by atoms with Crippen molar-refractivity contribution in [1.82, 2.24) is 10.0 Å². The Morgan fingerprint density at radius 1 is 1.11 bits per heavy atom. The van der Waals surface area contributed by atoms with Crippen LogP contribution in [0.2, 0.25) is 0 Å². The topological polar surface area (TPSA) is 75.3 Å². The normalized spacial score (nSPS) is 25.6. The van der Waals surface area contributed by atoms with Gasteiger partial charge in [0.1, 0.15) is 0 Å². The Kier molecular flexibility index (Phi) is 6.81. The van der Waals surface area contributed by atoms with Crippen molar-refractivity contribution in [2.45, 2.75) is 82.7 Å². The first kappa shape index (κ1) is 21.3. The lowest BCUT2D eigenvalue weighted by atomic mass is 9.74. The highest BCUT2D eigenvalue weighted by atomic mass is 32.2. The van der Waals surface area contributed by atoms with Gasteiger partial charge in [-0.1, -0.05) is 39.3 Å². The summed E-state index contributed by atoms with van der Waals surface area (Å²) in [7, 11) is -3.41. The Morgan fingerprint density at radius 2 is 1.79 bits per heavy atom. The van der Waals surface area contributed by atoms with E-state index in [0.29, 0.717) is 35.5 Å². The van der Waals surface area contributed by atoms with E-state index in [4.69, 9.17) is 0 Å². The van der Waals surface area contributed by atoms with Crippen LogP contribution < -0.4 is 10.0 Å². The third-order valence-corrected chi connectivity index (χ3v) is 7.68. The SMILES string of the molecule is CC1CCC(C(C)C)C(NC(=O)CCc2ccc(S(=O)(=O)NC3CC3)cc2)C1. The first-order valence-electron chi connectivity index (χ1n) is 10.6. The monoisotopic (exact) mass is 406 g/mol. The number of aryl methyl sites for hydroxylation is 1. The standard InChI is InChI=1S/C22H34N2O3S/c1-15(2)20-12-4-16(3)14-21(20)23-22(25)13-7-17-5-10-19(11-6-17)28(26,27)24-18-8-9-18/h5-6,10-11,15-16,18,20-21,24H,4,7-9,12-14H2,1-3H3,(H,23,25). The highest BCUT2D eigenvalue weighted by Crippen LogP contribution is 2.33. The lowest BCUT2D eigenvalue weighted by Gasteiger charge is -2.37. The summed E-state index contributed by atoms with van der Waals surface area (Å²) >= 11 is 0. The van der Waals surface area contributed by atoms with E-state index >= 15 is 0 Å². The second kappa shape index (κ2) is 8.95. The van der Waals surface area contributed by atoms with E-state index in [2.05, 4.69) is 30.8 Å². The maximum Gasteiger partial charge on any atom is 0.240 e. The number of carbonyl (C=O) groups is 1. The quantitative estimate of drug-likeness (QED) is 0.692. The van der Waals surface area contributed by atoms with Gasteiger partial charge in [0.15, 0.2) is 0 Å². The van der Waals surface area contributed by atoms with Crippen LogP contribution in [0, 0.1) is 17.8 Å². The number of carbonyl (C=O) groups excluding carboxylic acids is 1. The van der Waals surface area contributed by atoms with Crippen LogP contribution in [0.5, 0.6) is 0 Å². The fourth-order valence-electron chi connectivity index (χ4n) is 4.23. The molecule has 2 N–H and O–H groups in total. The summed E-state index contributed by atoms with van der Waals surface area (Å²) in [6.07, 6.45) is 6.40. The molecule has 1 aromatic rings. The van der Waals surface area contributed by atoms with Crippen LogP contribution in [-0.2, 0) is 21.2 Å². The molecule has 3 atom stereocenters. The molecule has 1 aromatic carbocycles. The van der Waals surface area contributed by atoms with Gasteiger partial charge in [-0.05, 0) is 67.6 Å². The van der Waals surface area contributed by atoms with Gasteiger partial charge in [-0.3, -0.25) is 4.79 Å². The largest absolute Gasteiger partial charge is 0.353 e. The summed E-state index contributed by atoms with van der Waals surface area (Å²) in [4.78, 5) is 12.8. The van der Waals surface area contributed by atoms with Crippen molar-refractivity contribution in [3.63, 3.8) is 0 Å². The van der Waals surface area contributed by atoms with Crippen molar-refractivity contribution in [2.75, 3.05) is 0 Å². The zero-order chi connectivity index (χ0) is 20.3. The molecule has 2 fully saturated rings. The van der Waals surface area contributed by atoms with Crippen LogP contribution in [0.15, 0.2) is 29.2 Å². The van der Waals surface area contributed by atoms with Crippen molar-refractivity contribution in [2.24, 2.45) is 17.8 Å². The summed E-state index contributed by atoms with van der Waals surface area (Å²) in [6.45, 7) is 6.75. The number of amides is 1. The Morgan fingerprint density at radius 3 is 2.39 bits per heavy atom. The van der Waals surface area contributed by atoms with Gasteiger partial charge in [0, 0.05) is 18.5 Å². The molecule has 28 heavy (non-hydrogen) atoms. The van der Waals surface area contributed by atoms with E-state index in [9.17, 15) is 13.2 Å². The maximum absolute atomic E-state index is 12.5. The van der Waals surface area contributed by atoms with Crippen molar-refractivity contribution >= 4 is 15.9 Å². The molecule has 3 unspecified atom stereocenters. The molecule has 0 aliphatic heterocycles. The fourth-order valence-corrected chi connectivity index (χ4v) is 5.53. The van der Waals surface area contributed by atoms with Crippen LogP contribution >= 0.6 is 0 Å². The second-order valence-electron chi connectivity index (χ2n) is 9.04. The molecule has 0 saturated heterocycles. The summed E-state index contributed by atoms with van der Waals surface area (Å²) < 4.78 is 27.1. The minimum absolute atomic E-state index is 0.0943. The third-order valence-electron chi connectivity index (χ3n) is 6.14.